The minimum absolute atomic E-state index is 0.0138. The van der Waals surface area contributed by atoms with Crippen LogP contribution in [0.1, 0.15) is 13.3 Å². The molecule has 1 aliphatic rings. The number of nitrogens with one attached hydrogen (secondary N) is 1. The predicted molar refractivity (Wildman–Crippen MR) is 66.3 cm³/mol. The third-order valence-corrected chi connectivity index (χ3v) is 4.70. The van der Waals surface area contributed by atoms with Gasteiger partial charge in [0, 0.05) is 31.8 Å². The van der Waals surface area contributed by atoms with Crippen LogP contribution in [0.5, 0.6) is 0 Å². The van der Waals surface area contributed by atoms with Crippen LogP contribution in [0.4, 0.5) is 5.82 Å². The van der Waals surface area contributed by atoms with Crippen molar-refractivity contribution in [1.29, 1.82) is 0 Å². The first-order valence-corrected chi connectivity index (χ1v) is 7.27. The van der Waals surface area contributed by atoms with E-state index in [-0.39, 0.29) is 22.7 Å². The van der Waals surface area contributed by atoms with Gasteiger partial charge in [-0.1, -0.05) is 0 Å². The Bertz CT molecular complexity index is 519. The predicted octanol–water partition coefficient (Wildman–Crippen LogP) is -0.294. The van der Waals surface area contributed by atoms with Gasteiger partial charge in [-0.2, -0.15) is 5.10 Å². The summed E-state index contributed by atoms with van der Waals surface area (Å²) in [6.45, 7) is 3.11. The number of hydrogen-bond donors (Lipinski definition) is 2. The van der Waals surface area contributed by atoms with Gasteiger partial charge in [-0.05, 0) is 13.3 Å². The molecule has 0 amide bonds. The maximum absolute atomic E-state index is 12.1. The van der Waals surface area contributed by atoms with Gasteiger partial charge in [-0.3, -0.25) is 4.68 Å². The standard InChI is InChI=1S/C10H18N4O3S/c1-7(8-3-4-17-6-8)13-18(15,16)9-5-14(2)12-10(9)11/h5,7-8,13H,3-4,6H2,1-2H3,(H2,11,12). The Balaban J connectivity index is 2.14. The van der Waals surface area contributed by atoms with Crippen LogP contribution < -0.4 is 10.5 Å². The van der Waals surface area contributed by atoms with Crippen LogP contribution >= 0.6 is 0 Å². The van der Waals surface area contributed by atoms with Gasteiger partial charge < -0.3 is 10.5 Å². The van der Waals surface area contributed by atoms with Crippen LogP contribution in [0.15, 0.2) is 11.1 Å². The lowest BCUT2D eigenvalue weighted by atomic mass is 10.0. The Morgan fingerprint density at radius 1 is 1.67 bits per heavy atom. The second kappa shape index (κ2) is 4.87. The molecule has 2 heterocycles. The van der Waals surface area contributed by atoms with Gasteiger partial charge in [0.25, 0.3) is 0 Å². The van der Waals surface area contributed by atoms with Crippen molar-refractivity contribution in [2.45, 2.75) is 24.3 Å². The minimum Gasteiger partial charge on any atom is -0.381 e. The molecule has 3 N–H and O–H groups in total. The highest BCUT2D eigenvalue weighted by molar-refractivity contribution is 7.89. The molecule has 7 nitrogen and oxygen atoms in total. The van der Waals surface area contributed by atoms with E-state index in [1.807, 2.05) is 6.92 Å². The number of nitrogens with zero attached hydrogens (tertiary/aromatic N) is 2. The number of aryl methyl sites for hydroxylation is 1. The molecule has 1 aliphatic heterocycles. The van der Waals surface area contributed by atoms with E-state index in [0.717, 1.165) is 6.42 Å². The molecule has 1 aromatic rings. The Hall–Kier alpha value is -1.12. The number of sulfonamides is 1. The van der Waals surface area contributed by atoms with E-state index in [1.54, 1.807) is 7.05 Å². The van der Waals surface area contributed by atoms with E-state index in [9.17, 15) is 8.42 Å². The van der Waals surface area contributed by atoms with Crippen LogP contribution in [0, 0.1) is 5.92 Å². The fourth-order valence-corrected chi connectivity index (χ4v) is 3.46. The molecule has 0 bridgehead atoms. The summed E-state index contributed by atoms with van der Waals surface area (Å²) in [6, 6.07) is -0.183. The molecule has 8 heteroatoms. The summed E-state index contributed by atoms with van der Waals surface area (Å²) in [5, 5.41) is 3.83. The molecule has 0 saturated carbocycles. The minimum atomic E-state index is -3.62. The number of nitrogen functional groups attached to an aromatic ring is 1. The molecule has 18 heavy (non-hydrogen) atoms. The number of ether oxygens (including phenoxy) is 1. The zero-order chi connectivity index (χ0) is 13.3. The van der Waals surface area contributed by atoms with Crippen molar-refractivity contribution in [3.63, 3.8) is 0 Å². The van der Waals surface area contributed by atoms with Crippen LogP contribution in [0.2, 0.25) is 0 Å². The second-order valence-corrected chi connectivity index (χ2v) is 6.27. The van der Waals surface area contributed by atoms with Gasteiger partial charge in [0.05, 0.1) is 6.61 Å². The average Bonchev–Trinajstić information content (AvgIpc) is 2.86. The summed E-state index contributed by atoms with van der Waals surface area (Å²) in [5.74, 6) is 0.220. The number of anilines is 1. The molecule has 2 atom stereocenters. The quantitative estimate of drug-likeness (QED) is 0.785. The summed E-state index contributed by atoms with van der Waals surface area (Å²) in [7, 11) is -1.99. The molecule has 0 radical (unpaired) electrons. The molecule has 1 saturated heterocycles. The molecule has 0 spiro atoms. The maximum Gasteiger partial charge on any atom is 0.246 e. The van der Waals surface area contributed by atoms with E-state index in [0.29, 0.717) is 13.2 Å². The van der Waals surface area contributed by atoms with Gasteiger partial charge in [-0.15, -0.1) is 0 Å². The van der Waals surface area contributed by atoms with Crippen molar-refractivity contribution in [3.05, 3.63) is 6.20 Å². The second-order valence-electron chi connectivity index (χ2n) is 4.59. The molecular formula is C10H18N4O3S. The molecule has 2 unspecified atom stereocenters. The van der Waals surface area contributed by atoms with E-state index in [4.69, 9.17) is 10.5 Å². The van der Waals surface area contributed by atoms with Crippen LogP contribution in [0.3, 0.4) is 0 Å². The van der Waals surface area contributed by atoms with Crippen molar-refractivity contribution in [2.24, 2.45) is 13.0 Å². The number of aromatic nitrogens is 2. The third kappa shape index (κ3) is 2.65. The molecule has 0 aliphatic carbocycles. The largest absolute Gasteiger partial charge is 0.381 e. The van der Waals surface area contributed by atoms with E-state index in [2.05, 4.69) is 9.82 Å². The fourth-order valence-electron chi connectivity index (χ4n) is 2.04. The lowest BCUT2D eigenvalue weighted by Crippen LogP contribution is -2.38. The normalized spacial score (nSPS) is 22.2. The highest BCUT2D eigenvalue weighted by atomic mass is 32.2. The Labute approximate surface area is 106 Å². The van der Waals surface area contributed by atoms with Crippen LogP contribution in [-0.2, 0) is 21.8 Å². The van der Waals surface area contributed by atoms with Gasteiger partial charge in [0.1, 0.15) is 4.90 Å². The summed E-state index contributed by atoms with van der Waals surface area (Å²) in [6.07, 6.45) is 2.27. The molecule has 2 rings (SSSR count). The molecule has 1 fully saturated rings. The topological polar surface area (TPSA) is 99.2 Å². The van der Waals surface area contributed by atoms with Crippen LogP contribution in [0.25, 0.3) is 0 Å². The zero-order valence-corrected chi connectivity index (χ0v) is 11.3. The molecule has 102 valence electrons. The number of hydrogen-bond acceptors (Lipinski definition) is 5. The average molecular weight is 274 g/mol. The van der Waals surface area contributed by atoms with Crippen molar-refractivity contribution in [2.75, 3.05) is 18.9 Å². The smallest absolute Gasteiger partial charge is 0.246 e. The lowest BCUT2D eigenvalue weighted by Gasteiger charge is -2.18. The fraction of sp³-hybridized carbons (Fsp3) is 0.700. The Morgan fingerprint density at radius 3 is 2.89 bits per heavy atom. The van der Waals surface area contributed by atoms with Crippen LogP contribution in [-0.4, -0.2) is 37.5 Å². The third-order valence-electron chi connectivity index (χ3n) is 3.12. The van der Waals surface area contributed by atoms with E-state index < -0.39 is 10.0 Å². The van der Waals surface area contributed by atoms with Crippen molar-refractivity contribution < 1.29 is 13.2 Å². The number of nitrogens with two attached hydrogens (primary N) is 1. The monoisotopic (exact) mass is 274 g/mol. The Kier molecular flexibility index (Phi) is 3.60. The van der Waals surface area contributed by atoms with E-state index in [1.165, 1.54) is 10.9 Å². The van der Waals surface area contributed by atoms with Crippen molar-refractivity contribution >= 4 is 15.8 Å². The summed E-state index contributed by atoms with van der Waals surface area (Å²) in [5.41, 5.74) is 5.58. The van der Waals surface area contributed by atoms with Gasteiger partial charge in [0.15, 0.2) is 5.82 Å². The first kappa shape index (κ1) is 13.3. The molecule has 1 aromatic heterocycles. The van der Waals surface area contributed by atoms with Crippen molar-refractivity contribution in [1.82, 2.24) is 14.5 Å². The summed E-state index contributed by atoms with van der Waals surface area (Å²) < 4.78 is 33.6. The first-order chi connectivity index (χ1) is 8.40. The lowest BCUT2D eigenvalue weighted by molar-refractivity contribution is 0.180. The zero-order valence-electron chi connectivity index (χ0n) is 10.5. The van der Waals surface area contributed by atoms with Crippen molar-refractivity contribution in [3.8, 4) is 0 Å². The summed E-state index contributed by atoms with van der Waals surface area (Å²) in [4.78, 5) is 0.0239. The molecule has 0 aromatic carbocycles. The van der Waals surface area contributed by atoms with Gasteiger partial charge in [0.2, 0.25) is 10.0 Å². The first-order valence-electron chi connectivity index (χ1n) is 5.79. The SMILES string of the molecule is CC(NS(=O)(=O)c1cn(C)nc1N)C1CCOC1. The Morgan fingerprint density at radius 2 is 2.39 bits per heavy atom. The van der Waals surface area contributed by atoms with Gasteiger partial charge in [-0.25, -0.2) is 13.1 Å². The van der Waals surface area contributed by atoms with E-state index >= 15 is 0 Å². The maximum atomic E-state index is 12.1. The highest BCUT2D eigenvalue weighted by Gasteiger charge is 2.28. The summed E-state index contributed by atoms with van der Waals surface area (Å²) >= 11 is 0. The number of rotatable bonds is 4. The molecular weight excluding hydrogens is 256 g/mol. The highest BCUT2D eigenvalue weighted by Crippen LogP contribution is 2.20. The van der Waals surface area contributed by atoms with Gasteiger partial charge >= 0.3 is 0 Å².